The average Bonchev–Trinajstić information content (AvgIpc) is 2.51. The Bertz CT molecular complexity index is 404. The van der Waals surface area contributed by atoms with Crippen molar-refractivity contribution >= 4 is 5.97 Å². The van der Waals surface area contributed by atoms with Crippen molar-refractivity contribution in [3.8, 4) is 0 Å². The molecule has 0 saturated heterocycles. The Morgan fingerprint density at radius 1 is 1.33 bits per heavy atom. The molecule has 102 valence electrons. The molecule has 0 aromatic heterocycles. The normalized spacial score (nSPS) is 41.4. The number of rotatable bonds is 1. The van der Waals surface area contributed by atoms with E-state index in [9.17, 15) is 15.0 Å². The van der Waals surface area contributed by atoms with Crippen LogP contribution >= 0.6 is 0 Å². The van der Waals surface area contributed by atoms with Gasteiger partial charge >= 0.3 is 5.97 Å². The minimum Gasteiger partial charge on any atom is -0.478 e. The molecule has 2 fully saturated rings. The molecule has 0 aromatic rings. The summed E-state index contributed by atoms with van der Waals surface area (Å²) in [4.78, 5) is 11.2. The molecule has 3 atom stereocenters. The van der Waals surface area contributed by atoms with Crippen molar-refractivity contribution in [2.75, 3.05) is 0 Å². The third-order valence-corrected chi connectivity index (χ3v) is 4.94. The van der Waals surface area contributed by atoms with Gasteiger partial charge in [0, 0.05) is 5.57 Å². The molecular weight excluding hydrogens is 228 g/mol. The summed E-state index contributed by atoms with van der Waals surface area (Å²) in [6.07, 6.45) is 3.55. The van der Waals surface area contributed by atoms with E-state index in [4.69, 9.17) is 0 Å². The molecule has 2 rings (SSSR count). The van der Waals surface area contributed by atoms with Crippen LogP contribution in [0.25, 0.3) is 0 Å². The van der Waals surface area contributed by atoms with E-state index in [1.807, 2.05) is 6.92 Å². The second-order valence-electron chi connectivity index (χ2n) is 7.11. The molecule has 0 bridgehead atoms. The average molecular weight is 252 g/mol. The zero-order chi connectivity index (χ0) is 13.7. The van der Waals surface area contributed by atoms with E-state index >= 15 is 0 Å². The van der Waals surface area contributed by atoms with E-state index in [1.165, 1.54) is 0 Å². The number of hydrogen-bond acceptors (Lipinski definition) is 2. The number of fused-ring (bicyclic) bond motifs is 1. The number of aliphatic hydroxyl groups is 1. The van der Waals surface area contributed by atoms with Gasteiger partial charge in [-0.3, -0.25) is 0 Å². The van der Waals surface area contributed by atoms with Crippen LogP contribution in [0, 0.1) is 17.3 Å². The van der Waals surface area contributed by atoms with Gasteiger partial charge in [0.2, 0.25) is 0 Å². The Hall–Kier alpha value is -0.830. The number of carboxylic acids is 1. The highest BCUT2D eigenvalue weighted by molar-refractivity contribution is 5.87. The molecule has 0 aliphatic heterocycles. The predicted molar refractivity (Wildman–Crippen MR) is 70.2 cm³/mol. The van der Waals surface area contributed by atoms with Crippen LogP contribution in [0.3, 0.4) is 0 Å². The maximum atomic E-state index is 11.2. The third-order valence-electron chi connectivity index (χ3n) is 4.94. The zero-order valence-corrected chi connectivity index (χ0v) is 11.8. The summed E-state index contributed by atoms with van der Waals surface area (Å²) in [6, 6.07) is 0. The second kappa shape index (κ2) is 4.09. The second-order valence-corrected chi connectivity index (χ2v) is 7.11. The van der Waals surface area contributed by atoms with E-state index in [2.05, 4.69) is 13.8 Å². The van der Waals surface area contributed by atoms with Crippen LogP contribution < -0.4 is 0 Å². The number of carboxylic acid groups (broad SMARTS) is 1. The summed E-state index contributed by atoms with van der Waals surface area (Å²) < 4.78 is 0. The minimum absolute atomic E-state index is 0.0849. The lowest BCUT2D eigenvalue weighted by Gasteiger charge is -2.43. The van der Waals surface area contributed by atoms with Crippen molar-refractivity contribution in [1.29, 1.82) is 0 Å². The zero-order valence-electron chi connectivity index (χ0n) is 11.8. The molecule has 2 aliphatic rings. The molecule has 18 heavy (non-hydrogen) atoms. The van der Waals surface area contributed by atoms with Gasteiger partial charge in [0.1, 0.15) is 0 Å². The first-order valence-corrected chi connectivity index (χ1v) is 6.79. The molecule has 0 heterocycles. The largest absolute Gasteiger partial charge is 0.478 e. The summed E-state index contributed by atoms with van der Waals surface area (Å²) in [5.41, 5.74) is 1.02. The molecule has 0 aromatic carbocycles. The standard InChI is InChI=1S/C15H24O3/c1-9(13(16)17)11-7-14(2,3)8-12-10(11)5-6-15(12,4)18/h10,12,18H,5-8H2,1-4H3,(H,16,17)/t10-,12-,15-/m0/s1. The first-order chi connectivity index (χ1) is 8.14. The lowest BCUT2D eigenvalue weighted by molar-refractivity contribution is -0.132. The van der Waals surface area contributed by atoms with Crippen molar-refractivity contribution < 1.29 is 15.0 Å². The van der Waals surface area contributed by atoms with Crippen molar-refractivity contribution in [2.24, 2.45) is 17.3 Å². The maximum absolute atomic E-state index is 11.2. The van der Waals surface area contributed by atoms with Gasteiger partial charge in [0.25, 0.3) is 0 Å². The van der Waals surface area contributed by atoms with Gasteiger partial charge in [-0.1, -0.05) is 19.4 Å². The fraction of sp³-hybridized carbons (Fsp3) is 0.800. The van der Waals surface area contributed by atoms with Gasteiger partial charge in [0.05, 0.1) is 5.60 Å². The molecule has 2 N–H and O–H groups in total. The van der Waals surface area contributed by atoms with Crippen LogP contribution in [0.5, 0.6) is 0 Å². The smallest absolute Gasteiger partial charge is 0.331 e. The number of aliphatic carboxylic acids is 1. The SMILES string of the molecule is CC(C(=O)O)=C1CC(C)(C)C[C@H]2[C@H]1CC[C@]2(C)O. The number of carbonyl (C=O) groups is 1. The van der Waals surface area contributed by atoms with E-state index in [-0.39, 0.29) is 17.3 Å². The summed E-state index contributed by atoms with van der Waals surface area (Å²) in [6.45, 7) is 7.97. The Kier molecular flexibility index (Phi) is 3.09. The molecular formula is C15H24O3. The highest BCUT2D eigenvalue weighted by atomic mass is 16.4. The summed E-state index contributed by atoms with van der Waals surface area (Å²) >= 11 is 0. The first kappa shape index (κ1) is 13.6. The number of allylic oxidation sites excluding steroid dienone is 1. The lowest BCUT2D eigenvalue weighted by Crippen LogP contribution is -2.40. The molecule has 2 aliphatic carbocycles. The van der Waals surface area contributed by atoms with Gasteiger partial charge in [-0.25, -0.2) is 4.79 Å². The van der Waals surface area contributed by atoms with Crippen molar-refractivity contribution in [3.05, 3.63) is 11.1 Å². The minimum atomic E-state index is -0.812. The van der Waals surface area contributed by atoms with E-state index in [0.29, 0.717) is 5.57 Å². The Labute approximate surface area is 109 Å². The predicted octanol–water partition coefficient (Wildman–Crippen LogP) is 2.98. The summed E-state index contributed by atoms with van der Waals surface area (Å²) in [7, 11) is 0. The van der Waals surface area contributed by atoms with E-state index < -0.39 is 11.6 Å². The molecule has 0 amide bonds. The monoisotopic (exact) mass is 252 g/mol. The first-order valence-electron chi connectivity index (χ1n) is 6.79. The molecule has 0 radical (unpaired) electrons. The molecule has 0 spiro atoms. The lowest BCUT2D eigenvalue weighted by atomic mass is 9.62. The topological polar surface area (TPSA) is 57.5 Å². The van der Waals surface area contributed by atoms with Crippen LogP contribution in [-0.2, 0) is 4.79 Å². The van der Waals surface area contributed by atoms with E-state index in [1.54, 1.807) is 6.92 Å². The third kappa shape index (κ3) is 2.20. The van der Waals surface area contributed by atoms with Crippen LogP contribution in [0.15, 0.2) is 11.1 Å². The fourth-order valence-electron chi connectivity index (χ4n) is 3.91. The Balaban J connectivity index is 2.43. The fourth-order valence-corrected chi connectivity index (χ4v) is 3.91. The van der Waals surface area contributed by atoms with Gasteiger partial charge in [-0.05, 0) is 56.8 Å². The van der Waals surface area contributed by atoms with Crippen molar-refractivity contribution in [3.63, 3.8) is 0 Å². The van der Waals surface area contributed by atoms with Crippen LogP contribution in [0.2, 0.25) is 0 Å². The van der Waals surface area contributed by atoms with Gasteiger partial charge in [0.15, 0.2) is 0 Å². The van der Waals surface area contributed by atoms with Crippen LogP contribution in [0.4, 0.5) is 0 Å². The number of hydrogen-bond donors (Lipinski definition) is 2. The van der Waals surface area contributed by atoms with Crippen molar-refractivity contribution in [1.82, 2.24) is 0 Å². The highest BCUT2D eigenvalue weighted by Gasteiger charge is 2.51. The van der Waals surface area contributed by atoms with Crippen LogP contribution in [-0.4, -0.2) is 21.8 Å². The highest BCUT2D eigenvalue weighted by Crippen LogP contribution is 2.56. The van der Waals surface area contributed by atoms with Crippen molar-refractivity contribution in [2.45, 2.75) is 59.0 Å². The molecule has 2 saturated carbocycles. The quantitative estimate of drug-likeness (QED) is 0.705. The van der Waals surface area contributed by atoms with Gasteiger partial charge in [-0.2, -0.15) is 0 Å². The van der Waals surface area contributed by atoms with Gasteiger partial charge < -0.3 is 10.2 Å². The Morgan fingerprint density at radius 2 is 1.94 bits per heavy atom. The van der Waals surface area contributed by atoms with Crippen LogP contribution in [0.1, 0.15) is 53.4 Å². The van der Waals surface area contributed by atoms with E-state index in [0.717, 1.165) is 31.3 Å². The summed E-state index contributed by atoms with van der Waals surface area (Å²) in [5.74, 6) is -0.331. The molecule has 0 unspecified atom stereocenters. The molecule has 3 nitrogen and oxygen atoms in total. The van der Waals surface area contributed by atoms with Gasteiger partial charge in [-0.15, -0.1) is 0 Å². The maximum Gasteiger partial charge on any atom is 0.331 e. The summed E-state index contributed by atoms with van der Waals surface area (Å²) in [5, 5.41) is 19.7. The Morgan fingerprint density at radius 3 is 2.50 bits per heavy atom. The molecule has 3 heteroatoms.